The molecule has 0 aliphatic heterocycles. The van der Waals surface area contributed by atoms with Gasteiger partial charge in [0.25, 0.3) is 10.0 Å². The molecular formula is C22H27N3O6S2. The Morgan fingerprint density at radius 2 is 1.67 bits per heavy atom. The number of nitrogens with one attached hydrogen (secondary N) is 2. The molecule has 0 fully saturated rings. The standard InChI is InChI=1S/C22H27N3O6S2/c1-3-25(18-7-5-4-6-8-18)33(28,29)19-11-9-17(10-12-19)23-22(32)24-20(26)13-14-21(27)31-16-15-30-2/h4-12H,3,13-16H2,1-2H3,(H2,23,24,26,32). The number of thiocarbonyl (C=S) groups is 1. The molecule has 0 radical (unpaired) electrons. The molecule has 0 aromatic heterocycles. The van der Waals surface area contributed by atoms with Gasteiger partial charge < -0.3 is 20.1 Å². The molecule has 2 N–H and O–H groups in total. The van der Waals surface area contributed by atoms with E-state index in [4.69, 9.17) is 21.7 Å². The van der Waals surface area contributed by atoms with Gasteiger partial charge in [-0.1, -0.05) is 18.2 Å². The summed E-state index contributed by atoms with van der Waals surface area (Å²) in [5.41, 5.74) is 1.08. The average molecular weight is 494 g/mol. The Kier molecular flexibility index (Phi) is 10.2. The molecule has 0 atom stereocenters. The average Bonchev–Trinajstić information content (AvgIpc) is 2.79. The van der Waals surface area contributed by atoms with Crippen LogP contribution in [0.3, 0.4) is 0 Å². The number of carbonyl (C=O) groups is 2. The third-order valence-corrected chi connectivity index (χ3v) is 6.51. The Balaban J connectivity index is 1.91. The van der Waals surface area contributed by atoms with Crippen LogP contribution in [-0.2, 0) is 29.1 Å². The lowest BCUT2D eigenvalue weighted by Gasteiger charge is -2.23. The Bertz CT molecular complexity index is 1040. The van der Waals surface area contributed by atoms with Gasteiger partial charge in [-0.25, -0.2) is 8.42 Å². The van der Waals surface area contributed by atoms with Gasteiger partial charge in [-0.2, -0.15) is 0 Å². The van der Waals surface area contributed by atoms with Crippen molar-refractivity contribution in [3.63, 3.8) is 0 Å². The third kappa shape index (κ3) is 8.12. The Morgan fingerprint density at radius 1 is 1.00 bits per heavy atom. The molecule has 0 bridgehead atoms. The van der Waals surface area contributed by atoms with Crippen molar-refractivity contribution in [2.24, 2.45) is 0 Å². The minimum absolute atomic E-state index is 0.0304. The maximum atomic E-state index is 13.0. The highest BCUT2D eigenvalue weighted by molar-refractivity contribution is 7.92. The fourth-order valence-corrected chi connectivity index (χ4v) is 4.51. The quantitative estimate of drug-likeness (QED) is 0.279. The number of benzene rings is 2. The number of esters is 1. The zero-order valence-corrected chi connectivity index (χ0v) is 20.1. The molecular weight excluding hydrogens is 466 g/mol. The summed E-state index contributed by atoms with van der Waals surface area (Å²) in [6.07, 6.45) is -0.169. The second-order valence-electron chi connectivity index (χ2n) is 6.75. The summed E-state index contributed by atoms with van der Waals surface area (Å²) in [5.74, 6) is -0.952. The van der Waals surface area contributed by atoms with Crippen LogP contribution in [0.1, 0.15) is 19.8 Å². The van der Waals surface area contributed by atoms with Crippen molar-refractivity contribution in [1.82, 2.24) is 5.32 Å². The van der Waals surface area contributed by atoms with Crippen molar-refractivity contribution in [1.29, 1.82) is 0 Å². The number of nitrogens with zero attached hydrogens (tertiary/aromatic N) is 1. The van der Waals surface area contributed by atoms with Gasteiger partial charge in [0.1, 0.15) is 6.61 Å². The monoisotopic (exact) mass is 493 g/mol. The number of para-hydroxylation sites is 1. The van der Waals surface area contributed by atoms with E-state index in [1.54, 1.807) is 43.3 Å². The topological polar surface area (TPSA) is 114 Å². The van der Waals surface area contributed by atoms with Crippen molar-refractivity contribution >= 4 is 50.6 Å². The maximum absolute atomic E-state index is 13.0. The minimum atomic E-state index is -3.74. The van der Waals surface area contributed by atoms with E-state index < -0.39 is 21.9 Å². The van der Waals surface area contributed by atoms with Crippen LogP contribution in [0.15, 0.2) is 59.5 Å². The predicted octanol–water partition coefficient (Wildman–Crippen LogP) is 2.68. The van der Waals surface area contributed by atoms with Gasteiger partial charge in [0.2, 0.25) is 5.91 Å². The zero-order valence-electron chi connectivity index (χ0n) is 18.4. The molecule has 2 aromatic carbocycles. The molecule has 0 spiro atoms. The fraction of sp³-hybridized carbons (Fsp3) is 0.318. The molecule has 2 aromatic rings. The van der Waals surface area contributed by atoms with Crippen molar-refractivity contribution in [3.8, 4) is 0 Å². The number of hydrogen-bond donors (Lipinski definition) is 2. The molecule has 33 heavy (non-hydrogen) atoms. The van der Waals surface area contributed by atoms with E-state index in [2.05, 4.69) is 10.6 Å². The number of methoxy groups -OCH3 is 1. The van der Waals surface area contributed by atoms with Crippen LogP contribution in [0.25, 0.3) is 0 Å². The summed E-state index contributed by atoms with van der Waals surface area (Å²) < 4.78 is 37.0. The number of carbonyl (C=O) groups excluding carboxylic acids is 2. The number of rotatable bonds is 11. The normalized spacial score (nSPS) is 10.8. The van der Waals surface area contributed by atoms with Gasteiger partial charge in [-0.15, -0.1) is 0 Å². The Morgan fingerprint density at radius 3 is 2.27 bits per heavy atom. The maximum Gasteiger partial charge on any atom is 0.306 e. The summed E-state index contributed by atoms with van der Waals surface area (Å²) >= 11 is 5.11. The van der Waals surface area contributed by atoms with E-state index in [0.717, 1.165) is 0 Å². The van der Waals surface area contributed by atoms with Crippen molar-refractivity contribution < 1.29 is 27.5 Å². The first-order valence-electron chi connectivity index (χ1n) is 10.2. The minimum Gasteiger partial charge on any atom is -0.463 e. The summed E-state index contributed by atoms with van der Waals surface area (Å²) in [4.78, 5) is 23.6. The molecule has 1 amide bonds. The smallest absolute Gasteiger partial charge is 0.306 e. The zero-order chi connectivity index (χ0) is 24.3. The van der Waals surface area contributed by atoms with E-state index >= 15 is 0 Å². The molecule has 178 valence electrons. The highest BCUT2D eigenvalue weighted by Crippen LogP contribution is 2.24. The van der Waals surface area contributed by atoms with E-state index in [9.17, 15) is 18.0 Å². The van der Waals surface area contributed by atoms with Gasteiger partial charge >= 0.3 is 5.97 Å². The van der Waals surface area contributed by atoms with E-state index in [-0.39, 0.29) is 42.6 Å². The SMILES string of the molecule is CCN(c1ccccc1)S(=O)(=O)c1ccc(NC(=S)NC(=O)CCC(=O)OCCOC)cc1. The van der Waals surface area contributed by atoms with Gasteiger partial charge in [-0.05, 0) is 55.5 Å². The van der Waals surface area contributed by atoms with Gasteiger partial charge in [0.05, 0.1) is 23.6 Å². The van der Waals surface area contributed by atoms with Crippen LogP contribution in [0.2, 0.25) is 0 Å². The van der Waals surface area contributed by atoms with Crippen molar-refractivity contribution in [2.75, 3.05) is 36.5 Å². The Labute approximate surface area is 199 Å². The van der Waals surface area contributed by atoms with Crippen molar-refractivity contribution in [2.45, 2.75) is 24.7 Å². The van der Waals surface area contributed by atoms with Gasteiger partial charge in [-0.3, -0.25) is 13.9 Å². The van der Waals surface area contributed by atoms with Crippen LogP contribution in [-0.4, -0.2) is 52.3 Å². The number of amides is 1. The first-order chi connectivity index (χ1) is 15.8. The first kappa shape index (κ1) is 26.2. The van der Waals surface area contributed by atoms with E-state index in [0.29, 0.717) is 11.4 Å². The highest BCUT2D eigenvalue weighted by atomic mass is 32.2. The highest BCUT2D eigenvalue weighted by Gasteiger charge is 2.23. The molecule has 0 saturated carbocycles. The molecule has 0 aliphatic carbocycles. The molecule has 0 unspecified atom stereocenters. The lowest BCUT2D eigenvalue weighted by atomic mass is 10.3. The number of sulfonamides is 1. The fourth-order valence-electron chi connectivity index (χ4n) is 2.80. The second kappa shape index (κ2) is 12.9. The lowest BCUT2D eigenvalue weighted by molar-refractivity contribution is -0.146. The van der Waals surface area contributed by atoms with Crippen LogP contribution in [0, 0.1) is 0 Å². The molecule has 0 saturated heterocycles. The van der Waals surface area contributed by atoms with Crippen LogP contribution in [0.4, 0.5) is 11.4 Å². The third-order valence-electron chi connectivity index (χ3n) is 4.39. The van der Waals surface area contributed by atoms with Crippen molar-refractivity contribution in [3.05, 3.63) is 54.6 Å². The van der Waals surface area contributed by atoms with Gasteiger partial charge in [0.15, 0.2) is 5.11 Å². The lowest BCUT2D eigenvalue weighted by Crippen LogP contribution is -2.34. The predicted molar refractivity (Wildman–Crippen MR) is 130 cm³/mol. The number of hydrogen-bond acceptors (Lipinski definition) is 7. The van der Waals surface area contributed by atoms with E-state index in [1.807, 2.05) is 6.07 Å². The molecule has 0 heterocycles. The number of ether oxygens (including phenoxy) is 2. The van der Waals surface area contributed by atoms with Crippen LogP contribution >= 0.6 is 12.2 Å². The molecule has 0 aliphatic rings. The van der Waals surface area contributed by atoms with E-state index in [1.165, 1.54) is 23.5 Å². The molecule has 9 nitrogen and oxygen atoms in total. The molecule has 2 rings (SSSR count). The first-order valence-corrected chi connectivity index (χ1v) is 12.1. The summed E-state index contributed by atoms with van der Waals surface area (Å²) in [6, 6.07) is 14.9. The van der Waals surface area contributed by atoms with Crippen LogP contribution < -0.4 is 14.9 Å². The van der Waals surface area contributed by atoms with Crippen LogP contribution in [0.5, 0.6) is 0 Å². The summed E-state index contributed by atoms with van der Waals surface area (Å²) in [5, 5.41) is 5.31. The summed E-state index contributed by atoms with van der Waals surface area (Å²) in [7, 11) is -2.25. The molecule has 11 heteroatoms. The Hall–Kier alpha value is -3.02. The van der Waals surface area contributed by atoms with Gasteiger partial charge in [0, 0.05) is 25.8 Å². The second-order valence-corrected chi connectivity index (χ2v) is 9.02. The number of anilines is 2. The summed E-state index contributed by atoms with van der Waals surface area (Å²) in [6.45, 7) is 2.46. The largest absolute Gasteiger partial charge is 0.463 e.